The summed E-state index contributed by atoms with van der Waals surface area (Å²) < 4.78 is 5.50. The lowest BCUT2D eigenvalue weighted by atomic mass is 10.1. The first kappa shape index (κ1) is 17.5. The monoisotopic (exact) mass is 343 g/mol. The van der Waals surface area contributed by atoms with Gasteiger partial charge in [-0.25, -0.2) is 9.78 Å². The number of urea groups is 1. The molecule has 2 unspecified atom stereocenters. The number of hydrogen-bond acceptors (Lipinski definition) is 4. The quantitative estimate of drug-likeness (QED) is 0.875. The summed E-state index contributed by atoms with van der Waals surface area (Å²) in [6, 6.07) is 7.77. The van der Waals surface area contributed by atoms with Gasteiger partial charge in [-0.3, -0.25) is 0 Å². The van der Waals surface area contributed by atoms with E-state index in [0.717, 1.165) is 24.8 Å². The van der Waals surface area contributed by atoms with Gasteiger partial charge in [0, 0.05) is 25.1 Å². The highest BCUT2D eigenvalue weighted by atomic mass is 16.3. The predicted molar refractivity (Wildman–Crippen MR) is 94.9 cm³/mol. The summed E-state index contributed by atoms with van der Waals surface area (Å²) in [6.07, 6.45) is 4.11. The van der Waals surface area contributed by atoms with Crippen molar-refractivity contribution in [3.05, 3.63) is 41.8 Å². The molecule has 3 rings (SSSR count). The third-order valence-electron chi connectivity index (χ3n) is 4.75. The lowest BCUT2D eigenvalue weighted by molar-refractivity contribution is 0.114. The second kappa shape index (κ2) is 7.70. The summed E-state index contributed by atoms with van der Waals surface area (Å²) in [5.41, 5.74) is 2.77. The third kappa shape index (κ3) is 4.39. The van der Waals surface area contributed by atoms with Gasteiger partial charge in [-0.2, -0.15) is 0 Å². The minimum Gasteiger partial charge on any atom is -0.444 e. The van der Waals surface area contributed by atoms with Crippen molar-refractivity contribution in [1.82, 2.24) is 15.2 Å². The summed E-state index contributed by atoms with van der Waals surface area (Å²) in [5.74, 6) is 0.725. The van der Waals surface area contributed by atoms with Crippen molar-refractivity contribution in [3.8, 4) is 11.5 Å². The Balaban J connectivity index is 1.51. The Kier molecular flexibility index (Phi) is 5.38. The Bertz CT molecular complexity index is 711. The molecular weight excluding hydrogens is 318 g/mol. The fraction of sp³-hybridized carbons (Fsp3) is 0.474. The van der Waals surface area contributed by atoms with Gasteiger partial charge in [0.25, 0.3) is 0 Å². The second-order valence-electron chi connectivity index (χ2n) is 6.81. The van der Waals surface area contributed by atoms with Crippen molar-refractivity contribution in [2.45, 2.75) is 38.8 Å². The van der Waals surface area contributed by atoms with Crippen LogP contribution >= 0.6 is 0 Å². The Morgan fingerprint density at radius 1 is 1.36 bits per heavy atom. The molecular formula is C19H25N3O3. The van der Waals surface area contributed by atoms with Crippen molar-refractivity contribution in [2.24, 2.45) is 5.92 Å². The molecule has 1 saturated carbocycles. The highest BCUT2D eigenvalue weighted by Gasteiger charge is 2.27. The molecule has 2 N–H and O–H groups in total. The number of aromatic nitrogens is 1. The average Bonchev–Trinajstić information content (AvgIpc) is 3.23. The lowest BCUT2D eigenvalue weighted by Gasteiger charge is -2.23. The van der Waals surface area contributed by atoms with Crippen LogP contribution in [0.25, 0.3) is 11.5 Å². The van der Waals surface area contributed by atoms with Gasteiger partial charge in [0.2, 0.25) is 5.89 Å². The topological polar surface area (TPSA) is 78.6 Å². The van der Waals surface area contributed by atoms with Gasteiger partial charge < -0.3 is 19.7 Å². The molecule has 6 nitrogen and oxygen atoms in total. The van der Waals surface area contributed by atoms with E-state index in [9.17, 15) is 9.90 Å². The van der Waals surface area contributed by atoms with E-state index >= 15 is 0 Å². The predicted octanol–water partition coefficient (Wildman–Crippen LogP) is 2.95. The summed E-state index contributed by atoms with van der Waals surface area (Å²) in [4.78, 5) is 18.2. The molecule has 0 radical (unpaired) electrons. The number of oxazole rings is 1. The van der Waals surface area contributed by atoms with E-state index in [-0.39, 0.29) is 18.1 Å². The molecule has 6 heteroatoms. The summed E-state index contributed by atoms with van der Waals surface area (Å²) in [7, 11) is 1.75. The van der Waals surface area contributed by atoms with E-state index in [1.54, 1.807) is 18.2 Å². The van der Waals surface area contributed by atoms with Gasteiger partial charge in [-0.1, -0.05) is 24.1 Å². The number of hydrogen-bond donors (Lipinski definition) is 2. The van der Waals surface area contributed by atoms with Crippen LogP contribution in [-0.2, 0) is 6.54 Å². The number of rotatable bonds is 5. The number of nitrogens with one attached hydrogen (secondary N) is 1. The van der Waals surface area contributed by atoms with Gasteiger partial charge in [-0.15, -0.1) is 0 Å². The smallest absolute Gasteiger partial charge is 0.317 e. The van der Waals surface area contributed by atoms with Crippen LogP contribution in [0.2, 0.25) is 0 Å². The maximum atomic E-state index is 12.2. The average molecular weight is 343 g/mol. The van der Waals surface area contributed by atoms with Gasteiger partial charge >= 0.3 is 6.03 Å². The first-order chi connectivity index (χ1) is 12.0. The largest absolute Gasteiger partial charge is 0.444 e. The molecule has 1 aromatic heterocycles. The maximum absolute atomic E-state index is 12.2. The molecule has 0 saturated heterocycles. The molecule has 0 spiro atoms. The maximum Gasteiger partial charge on any atom is 0.317 e. The van der Waals surface area contributed by atoms with E-state index in [0.29, 0.717) is 24.7 Å². The number of amides is 2. The molecule has 0 bridgehead atoms. The first-order valence-electron chi connectivity index (χ1n) is 8.71. The van der Waals surface area contributed by atoms with E-state index in [2.05, 4.69) is 10.3 Å². The normalized spacial score (nSPS) is 19.8. The van der Waals surface area contributed by atoms with Crippen LogP contribution < -0.4 is 5.32 Å². The number of carbonyl (C=O) groups excluding carboxylic acids is 1. The summed E-state index contributed by atoms with van der Waals surface area (Å²) >= 11 is 0. The van der Waals surface area contributed by atoms with Gasteiger partial charge in [0.15, 0.2) is 0 Å². The molecule has 1 aliphatic rings. The van der Waals surface area contributed by atoms with E-state index in [4.69, 9.17) is 4.42 Å². The van der Waals surface area contributed by atoms with Crippen LogP contribution in [-0.4, -0.2) is 40.7 Å². The van der Waals surface area contributed by atoms with E-state index in [1.165, 1.54) is 5.56 Å². The van der Waals surface area contributed by atoms with Crippen LogP contribution in [0, 0.1) is 12.8 Å². The number of benzene rings is 1. The lowest BCUT2D eigenvalue weighted by Crippen LogP contribution is -2.40. The Hall–Kier alpha value is -2.34. The molecule has 134 valence electrons. The van der Waals surface area contributed by atoms with E-state index < -0.39 is 0 Å². The molecule has 1 fully saturated rings. The fourth-order valence-electron chi connectivity index (χ4n) is 3.18. The molecule has 1 aromatic carbocycles. The Morgan fingerprint density at radius 3 is 2.80 bits per heavy atom. The SMILES string of the molecule is Cc1ccc(-c2nc(CNC(=O)N(C)CC3CCCC3O)co2)cc1. The fourth-order valence-corrected chi connectivity index (χ4v) is 3.18. The highest BCUT2D eigenvalue weighted by molar-refractivity contribution is 5.73. The van der Waals surface area contributed by atoms with Crippen molar-refractivity contribution < 1.29 is 14.3 Å². The zero-order valence-corrected chi connectivity index (χ0v) is 14.7. The van der Waals surface area contributed by atoms with Crippen LogP contribution in [0.15, 0.2) is 34.9 Å². The molecule has 1 heterocycles. The zero-order valence-electron chi connectivity index (χ0n) is 14.7. The van der Waals surface area contributed by atoms with Gasteiger partial charge in [0.05, 0.1) is 18.3 Å². The first-order valence-corrected chi connectivity index (χ1v) is 8.71. The van der Waals surface area contributed by atoms with Crippen LogP contribution in [0.1, 0.15) is 30.5 Å². The van der Waals surface area contributed by atoms with E-state index in [1.807, 2.05) is 31.2 Å². The Morgan fingerprint density at radius 2 is 2.12 bits per heavy atom. The molecule has 0 aliphatic heterocycles. The van der Waals surface area contributed by atoms with Crippen LogP contribution in [0.3, 0.4) is 0 Å². The van der Waals surface area contributed by atoms with Crippen molar-refractivity contribution in [1.29, 1.82) is 0 Å². The molecule has 2 atom stereocenters. The Labute approximate surface area is 147 Å². The van der Waals surface area contributed by atoms with Crippen molar-refractivity contribution in [2.75, 3.05) is 13.6 Å². The number of nitrogens with zero attached hydrogens (tertiary/aromatic N) is 2. The number of aliphatic hydroxyl groups is 1. The second-order valence-corrected chi connectivity index (χ2v) is 6.81. The molecule has 1 aliphatic carbocycles. The van der Waals surface area contributed by atoms with Crippen molar-refractivity contribution in [3.63, 3.8) is 0 Å². The minimum absolute atomic E-state index is 0.168. The number of carbonyl (C=O) groups is 1. The number of aliphatic hydroxyl groups excluding tert-OH is 1. The number of aryl methyl sites for hydroxylation is 1. The van der Waals surface area contributed by atoms with Crippen molar-refractivity contribution >= 4 is 6.03 Å². The molecule has 2 aromatic rings. The summed E-state index contributed by atoms with van der Waals surface area (Å²) in [6.45, 7) is 2.91. The summed E-state index contributed by atoms with van der Waals surface area (Å²) in [5, 5.41) is 12.7. The minimum atomic E-state index is -0.289. The zero-order chi connectivity index (χ0) is 17.8. The molecule has 25 heavy (non-hydrogen) atoms. The molecule has 2 amide bonds. The van der Waals surface area contributed by atoms with Crippen LogP contribution in [0.4, 0.5) is 4.79 Å². The van der Waals surface area contributed by atoms with Gasteiger partial charge in [0.1, 0.15) is 6.26 Å². The van der Waals surface area contributed by atoms with Crippen LogP contribution in [0.5, 0.6) is 0 Å². The standard InChI is InChI=1S/C19H25N3O3/c1-13-6-8-14(9-7-13)18-21-16(12-25-18)10-20-19(24)22(2)11-15-4-3-5-17(15)23/h6-9,12,15,17,23H,3-5,10-11H2,1-2H3,(H,20,24). The third-order valence-corrected chi connectivity index (χ3v) is 4.75. The van der Waals surface area contributed by atoms with Gasteiger partial charge in [-0.05, 0) is 31.9 Å². The highest BCUT2D eigenvalue weighted by Crippen LogP contribution is 2.26.